The minimum absolute atomic E-state index is 0.0189. The number of carbonyl (C=O) groups excluding carboxylic acids is 1. The maximum atomic E-state index is 12.0. The smallest absolute Gasteiger partial charge is 0.269 e. The number of non-ortho nitro benzene ring substituents is 1. The molecule has 0 aromatic heterocycles. The molecule has 2 aromatic carbocycles. The molecule has 0 aliphatic heterocycles. The van der Waals surface area contributed by atoms with Crippen molar-refractivity contribution in [3.05, 3.63) is 75.8 Å². The number of nitro benzene ring substituents is 1. The van der Waals surface area contributed by atoms with Crippen molar-refractivity contribution in [1.29, 1.82) is 0 Å². The van der Waals surface area contributed by atoms with Crippen molar-refractivity contribution in [3.63, 3.8) is 0 Å². The highest BCUT2D eigenvalue weighted by atomic mass is 16.6. The van der Waals surface area contributed by atoms with Crippen LogP contribution < -0.4 is 0 Å². The molecule has 21 heavy (non-hydrogen) atoms. The number of carbonyl (C=O) groups is 1. The molecule has 0 heterocycles. The maximum Gasteiger partial charge on any atom is 0.269 e. The number of benzene rings is 2. The predicted octanol–water partition coefficient (Wildman–Crippen LogP) is 4.63. The summed E-state index contributed by atoms with van der Waals surface area (Å²) in [6.07, 6.45) is 2.64. The van der Waals surface area contributed by atoms with E-state index in [1.54, 1.807) is 24.3 Å². The van der Waals surface area contributed by atoms with Crippen molar-refractivity contribution < 1.29 is 9.72 Å². The summed E-state index contributed by atoms with van der Waals surface area (Å²) in [5.41, 5.74) is 0.998. The lowest BCUT2D eigenvalue weighted by Crippen LogP contribution is -2.00. The Kier molecular flexibility index (Phi) is 6.81. The first-order valence-corrected chi connectivity index (χ1v) is 6.94. The molecule has 0 bridgehead atoms. The van der Waals surface area contributed by atoms with Crippen LogP contribution in [0, 0.1) is 10.1 Å². The lowest BCUT2D eigenvalue weighted by Gasteiger charge is -2.00. The van der Waals surface area contributed by atoms with E-state index >= 15 is 0 Å². The highest BCUT2D eigenvalue weighted by Crippen LogP contribution is 2.15. The number of hydrogen-bond donors (Lipinski definition) is 0. The van der Waals surface area contributed by atoms with Crippen molar-refractivity contribution in [2.45, 2.75) is 26.7 Å². The monoisotopic (exact) mass is 285 g/mol. The largest absolute Gasteiger partial charge is 0.289 e. The summed E-state index contributed by atoms with van der Waals surface area (Å²) in [7, 11) is 0. The Bertz CT molecular complexity index is 575. The second kappa shape index (κ2) is 8.64. The van der Waals surface area contributed by atoms with Crippen LogP contribution in [0.15, 0.2) is 54.6 Å². The molecule has 0 amide bonds. The topological polar surface area (TPSA) is 60.2 Å². The van der Waals surface area contributed by atoms with E-state index in [2.05, 4.69) is 13.8 Å². The van der Waals surface area contributed by atoms with E-state index < -0.39 is 4.92 Å². The van der Waals surface area contributed by atoms with Gasteiger partial charge in [0.2, 0.25) is 0 Å². The first kappa shape index (κ1) is 16.6. The first-order chi connectivity index (χ1) is 10.1. The van der Waals surface area contributed by atoms with E-state index in [1.165, 1.54) is 37.1 Å². The van der Waals surface area contributed by atoms with Gasteiger partial charge in [0, 0.05) is 23.3 Å². The van der Waals surface area contributed by atoms with Gasteiger partial charge in [-0.1, -0.05) is 57.0 Å². The molecule has 0 saturated carbocycles. The van der Waals surface area contributed by atoms with E-state index in [0.29, 0.717) is 11.1 Å². The summed E-state index contributed by atoms with van der Waals surface area (Å²) in [4.78, 5) is 21.9. The Labute approximate surface area is 124 Å². The van der Waals surface area contributed by atoms with Gasteiger partial charge in [0.25, 0.3) is 5.69 Å². The zero-order chi connectivity index (χ0) is 15.7. The van der Waals surface area contributed by atoms with Crippen molar-refractivity contribution >= 4 is 11.5 Å². The van der Waals surface area contributed by atoms with Gasteiger partial charge in [0.15, 0.2) is 5.78 Å². The molecular formula is C17H19NO3. The van der Waals surface area contributed by atoms with Crippen LogP contribution in [-0.2, 0) is 0 Å². The summed E-state index contributed by atoms with van der Waals surface area (Å²) in [5.74, 6) is -0.138. The van der Waals surface area contributed by atoms with Crippen molar-refractivity contribution in [2.75, 3.05) is 0 Å². The second-order valence-corrected chi connectivity index (χ2v) is 4.50. The molecule has 4 nitrogen and oxygen atoms in total. The molecule has 0 fully saturated rings. The van der Waals surface area contributed by atoms with E-state index in [0.717, 1.165) is 0 Å². The van der Waals surface area contributed by atoms with Crippen molar-refractivity contribution in [1.82, 2.24) is 0 Å². The number of rotatable bonds is 4. The third-order valence-electron chi connectivity index (χ3n) is 2.88. The van der Waals surface area contributed by atoms with Gasteiger partial charge in [-0.15, -0.1) is 0 Å². The fraction of sp³-hybridized carbons (Fsp3) is 0.235. The molecule has 0 aliphatic rings. The molecule has 2 aromatic rings. The molecule has 0 N–H and O–H groups in total. The number of nitrogens with zero attached hydrogens (tertiary/aromatic N) is 1. The average Bonchev–Trinajstić information content (AvgIpc) is 2.55. The summed E-state index contributed by atoms with van der Waals surface area (Å²) < 4.78 is 0. The quantitative estimate of drug-likeness (QED) is 0.467. The van der Waals surface area contributed by atoms with Gasteiger partial charge in [-0.25, -0.2) is 0 Å². The molecule has 2 rings (SSSR count). The first-order valence-electron chi connectivity index (χ1n) is 6.94. The summed E-state index contributed by atoms with van der Waals surface area (Å²) >= 11 is 0. The Morgan fingerprint density at radius 2 is 1.38 bits per heavy atom. The highest BCUT2D eigenvalue weighted by molar-refractivity contribution is 6.09. The summed E-state index contributed by atoms with van der Waals surface area (Å²) in [6.45, 7) is 4.36. The highest BCUT2D eigenvalue weighted by Gasteiger charge is 2.10. The zero-order valence-electron chi connectivity index (χ0n) is 12.3. The van der Waals surface area contributed by atoms with E-state index in [-0.39, 0.29) is 11.5 Å². The van der Waals surface area contributed by atoms with Gasteiger partial charge >= 0.3 is 0 Å². The van der Waals surface area contributed by atoms with Crippen molar-refractivity contribution in [2.24, 2.45) is 0 Å². The zero-order valence-corrected chi connectivity index (χ0v) is 12.3. The van der Waals surface area contributed by atoms with Crippen LogP contribution in [0.2, 0.25) is 0 Å². The molecule has 0 spiro atoms. The van der Waals surface area contributed by atoms with Gasteiger partial charge in [-0.2, -0.15) is 0 Å². The number of hydrogen-bond acceptors (Lipinski definition) is 3. The Hall–Kier alpha value is -2.49. The van der Waals surface area contributed by atoms with E-state index in [4.69, 9.17) is 0 Å². The van der Waals surface area contributed by atoms with Gasteiger partial charge in [0.1, 0.15) is 0 Å². The molecular weight excluding hydrogens is 266 g/mol. The minimum atomic E-state index is -0.489. The number of nitro groups is 1. The van der Waals surface area contributed by atoms with Crippen LogP contribution in [0.5, 0.6) is 0 Å². The Morgan fingerprint density at radius 1 is 0.905 bits per heavy atom. The van der Waals surface area contributed by atoms with Crippen LogP contribution in [0.25, 0.3) is 0 Å². The van der Waals surface area contributed by atoms with Crippen LogP contribution in [0.3, 0.4) is 0 Å². The lowest BCUT2D eigenvalue weighted by molar-refractivity contribution is -0.384. The number of unbranched alkanes of at least 4 members (excludes halogenated alkanes) is 1. The second-order valence-electron chi connectivity index (χ2n) is 4.50. The summed E-state index contributed by atoms with van der Waals surface area (Å²) in [5, 5.41) is 10.5. The van der Waals surface area contributed by atoms with Gasteiger partial charge in [-0.05, 0) is 12.1 Å². The molecule has 0 saturated heterocycles. The average molecular weight is 285 g/mol. The number of ketones is 1. The van der Waals surface area contributed by atoms with Crippen LogP contribution >= 0.6 is 0 Å². The van der Waals surface area contributed by atoms with Gasteiger partial charge in [-0.3, -0.25) is 14.9 Å². The SMILES string of the molecule is CCCC.O=C(c1ccccc1)c1ccc([N+](=O)[O-])cc1. The standard InChI is InChI=1S/C13H9NO3.C4H10/c15-13(10-4-2-1-3-5-10)11-6-8-12(9-7-11)14(16)17;1-3-4-2/h1-9H;3-4H2,1-2H3. The fourth-order valence-corrected chi connectivity index (χ4v) is 1.49. The molecule has 0 unspecified atom stereocenters. The Morgan fingerprint density at radius 3 is 1.81 bits per heavy atom. The van der Waals surface area contributed by atoms with Crippen LogP contribution in [0.1, 0.15) is 42.6 Å². The van der Waals surface area contributed by atoms with Gasteiger partial charge in [0.05, 0.1) is 4.92 Å². The molecule has 110 valence electrons. The molecule has 4 heteroatoms. The van der Waals surface area contributed by atoms with E-state index in [9.17, 15) is 14.9 Å². The third kappa shape index (κ3) is 5.18. The normalized spacial score (nSPS) is 9.43. The van der Waals surface area contributed by atoms with Crippen LogP contribution in [-0.4, -0.2) is 10.7 Å². The lowest BCUT2D eigenvalue weighted by atomic mass is 10.0. The fourth-order valence-electron chi connectivity index (χ4n) is 1.49. The molecule has 0 atom stereocenters. The molecule has 0 radical (unpaired) electrons. The van der Waals surface area contributed by atoms with Crippen LogP contribution in [0.4, 0.5) is 5.69 Å². The maximum absolute atomic E-state index is 12.0. The van der Waals surface area contributed by atoms with E-state index in [1.807, 2.05) is 6.07 Å². The van der Waals surface area contributed by atoms with Gasteiger partial charge < -0.3 is 0 Å². The summed E-state index contributed by atoms with van der Waals surface area (Å²) in [6, 6.07) is 14.4. The van der Waals surface area contributed by atoms with Crippen molar-refractivity contribution in [3.8, 4) is 0 Å². The minimum Gasteiger partial charge on any atom is -0.289 e. The predicted molar refractivity (Wildman–Crippen MR) is 83.6 cm³/mol. The Balaban J connectivity index is 0.000000491. The molecule has 0 aliphatic carbocycles. The third-order valence-corrected chi connectivity index (χ3v) is 2.88.